The molecule has 1 aliphatic heterocycles. The van der Waals surface area contributed by atoms with Gasteiger partial charge in [0, 0.05) is 0 Å². The molecule has 0 saturated heterocycles. The van der Waals surface area contributed by atoms with Crippen molar-refractivity contribution in [2.75, 3.05) is 0 Å². The minimum atomic E-state index is -1.31. The molecule has 0 fully saturated rings. The minimum Gasteiger partial charge on any atom is -0.209 e. The van der Waals surface area contributed by atoms with Crippen molar-refractivity contribution in [1.29, 1.82) is 0 Å². The summed E-state index contributed by atoms with van der Waals surface area (Å²) < 4.78 is 35.4. The van der Waals surface area contributed by atoms with Crippen LogP contribution in [0.4, 0.5) is 13.2 Å². The molecule has 0 spiro atoms. The molecule has 0 aromatic rings. The Bertz CT molecular complexity index is 168. The van der Waals surface area contributed by atoms with Gasteiger partial charge in [-0.3, -0.25) is 0 Å². The zero-order chi connectivity index (χ0) is 6.15. The van der Waals surface area contributed by atoms with Crippen LogP contribution >= 0.6 is 11.2 Å². The first-order valence-corrected chi connectivity index (χ1v) is 4.27. The molecule has 0 aliphatic carbocycles. The maximum Gasteiger partial charge on any atom is 0.196 e. The lowest BCUT2D eigenvalue weighted by molar-refractivity contribution is 0.590. The van der Waals surface area contributed by atoms with Crippen LogP contribution in [-0.4, -0.2) is 13.7 Å². The van der Waals surface area contributed by atoms with E-state index in [1.165, 1.54) is 0 Å². The van der Waals surface area contributed by atoms with Gasteiger partial charge in [0.2, 0.25) is 0 Å². The standard InChI is InChI=1S/C3F3SSi/c4-1-2(5)7-8-3(1)6. The molecule has 1 rings (SSSR count). The molecule has 5 heteroatoms. The van der Waals surface area contributed by atoms with Crippen molar-refractivity contribution in [2.45, 2.75) is 0 Å². The third-order valence-corrected chi connectivity index (χ3v) is 2.84. The number of allylic oxidation sites excluding steroid dienone is 1. The Morgan fingerprint density at radius 1 is 1.25 bits per heavy atom. The summed E-state index contributed by atoms with van der Waals surface area (Å²) in [5.74, 6) is -1.31. The molecule has 43 valence electrons. The molecule has 1 heterocycles. The second kappa shape index (κ2) is 2.06. The summed E-state index contributed by atoms with van der Waals surface area (Å²) in [6.07, 6.45) is 0. The zero-order valence-corrected chi connectivity index (χ0v) is 5.36. The highest BCUT2D eigenvalue weighted by molar-refractivity contribution is 8.25. The lowest BCUT2D eigenvalue weighted by Gasteiger charge is -1.81. The van der Waals surface area contributed by atoms with Gasteiger partial charge in [-0.25, -0.2) is 8.78 Å². The average Bonchev–Trinajstić information content (AvgIpc) is 1.98. The molecule has 0 N–H and O–H groups in total. The normalized spacial score (nSPS) is 19.6. The van der Waals surface area contributed by atoms with E-state index in [0.717, 1.165) is 0 Å². The van der Waals surface area contributed by atoms with Crippen LogP contribution in [0, 0.1) is 0 Å². The van der Waals surface area contributed by atoms with E-state index in [9.17, 15) is 13.2 Å². The SMILES string of the molecule is FC1=[Si]SC(F)=C1F. The van der Waals surface area contributed by atoms with Gasteiger partial charge in [-0.1, -0.05) is 11.2 Å². The lowest BCUT2D eigenvalue weighted by Crippen LogP contribution is -1.86. The number of hydrogen-bond donors (Lipinski definition) is 0. The highest BCUT2D eigenvalue weighted by Crippen LogP contribution is 2.26. The van der Waals surface area contributed by atoms with Gasteiger partial charge < -0.3 is 0 Å². The fourth-order valence-electron chi connectivity index (χ4n) is 0.265. The number of rotatable bonds is 0. The monoisotopic (exact) mass is 153 g/mol. The molecular weight excluding hydrogens is 153 g/mol. The highest BCUT2D eigenvalue weighted by Gasteiger charge is 2.17. The first-order chi connectivity index (χ1) is 3.72. The molecule has 0 amide bonds. The topological polar surface area (TPSA) is 0 Å². The zero-order valence-electron chi connectivity index (χ0n) is 3.54. The molecule has 0 atom stereocenters. The maximum absolute atomic E-state index is 11.8. The Balaban J connectivity index is 2.88. The molecule has 1 aliphatic rings. The van der Waals surface area contributed by atoms with Crippen molar-refractivity contribution in [3.05, 3.63) is 11.0 Å². The molecular formula is C3F3SSi. The minimum absolute atomic E-state index is 0.414. The van der Waals surface area contributed by atoms with Crippen molar-refractivity contribution in [1.82, 2.24) is 0 Å². The van der Waals surface area contributed by atoms with Crippen LogP contribution in [0.3, 0.4) is 0 Å². The van der Waals surface area contributed by atoms with Crippen molar-refractivity contribution in [3.8, 4) is 0 Å². The van der Waals surface area contributed by atoms with E-state index in [-0.39, 0.29) is 0 Å². The molecule has 0 nitrogen and oxygen atoms in total. The van der Waals surface area contributed by atoms with Gasteiger partial charge in [-0.2, -0.15) is 4.39 Å². The van der Waals surface area contributed by atoms with E-state index in [2.05, 4.69) is 0 Å². The van der Waals surface area contributed by atoms with Gasteiger partial charge in [0.1, 0.15) is 5.42 Å². The van der Waals surface area contributed by atoms with Crippen molar-refractivity contribution in [2.24, 2.45) is 0 Å². The first-order valence-electron chi connectivity index (χ1n) is 1.73. The molecule has 1 radical (unpaired) electrons. The molecule has 0 saturated carbocycles. The lowest BCUT2D eigenvalue weighted by atomic mass is 10.7. The predicted molar refractivity (Wildman–Crippen MR) is 28.7 cm³/mol. The summed E-state index contributed by atoms with van der Waals surface area (Å²) in [6, 6.07) is 0. The molecule has 0 aromatic carbocycles. The third-order valence-electron chi connectivity index (χ3n) is 0.596. The summed E-state index contributed by atoms with van der Waals surface area (Å²) in [6.45, 7) is 0. The van der Waals surface area contributed by atoms with Crippen molar-refractivity contribution in [3.63, 3.8) is 0 Å². The van der Waals surface area contributed by atoms with E-state index < -0.39 is 24.7 Å². The average molecular weight is 153 g/mol. The van der Waals surface area contributed by atoms with Crippen LogP contribution in [0.2, 0.25) is 0 Å². The molecule has 8 heavy (non-hydrogen) atoms. The van der Waals surface area contributed by atoms with Crippen LogP contribution in [0.5, 0.6) is 0 Å². The van der Waals surface area contributed by atoms with Gasteiger partial charge in [0.25, 0.3) is 0 Å². The summed E-state index contributed by atoms with van der Waals surface area (Å²) in [7, 11) is -0.414. The summed E-state index contributed by atoms with van der Waals surface area (Å²) in [5.41, 5.74) is -0.965. The van der Waals surface area contributed by atoms with E-state index in [0.29, 0.717) is 11.2 Å². The molecule has 0 bridgehead atoms. The second-order valence-electron chi connectivity index (χ2n) is 1.11. The molecule has 0 aromatic heterocycles. The Morgan fingerprint density at radius 3 is 2.00 bits per heavy atom. The Labute approximate surface area is 49.9 Å². The van der Waals surface area contributed by atoms with Crippen molar-refractivity contribution >= 4 is 24.9 Å². The number of halogens is 3. The third kappa shape index (κ3) is 0.875. The van der Waals surface area contributed by atoms with E-state index in [4.69, 9.17) is 0 Å². The predicted octanol–water partition coefficient (Wildman–Crippen LogP) is 1.56. The van der Waals surface area contributed by atoms with E-state index in [1.807, 2.05) is 0 Å². The van der Waals surface area contributed by atoms with Gasteiger partial charge >= 0.3 is 0 Å². The van der Waals surface area contributed by atoms with E-state index >= 15 is 0 Å². The quantitative estimate of drug-likeness (QED) is 0.476. The van der Waals surface area contributed by atoms with Gasteiger partial charge in [-0.15, -0.1) is 0 Å². The van der Waals surface area contributed by atoms with E-state index in [1.54, 1.807) is 0 Å². The first kappa shape index (κ1) is 6.09. The van der Waals surface area contributed by atoms with Crippen LogP contribution in [0.1, 0.15) is 0 Å². The van der Waals surface area contributed by atoms with Crippen LogP contribution in [-0.2, 0) is 0 Å². The summed E-state index contributed by atoms with van der Waals surface area (Å²) in [5, 5.41) is -1.03. The largest absolute Gasteiger partial charge is 0.209 e. The fourth-order valence-corrected chi connectivity index (χ4v) is 1.99. The Kier molecular flexibility index (Phi) is 1.57. The molecule has 0 unspecified atom stereocenters. The maximum atomic E-state index is 11.8. The summed E-state index contributed by atoms with van der Waals surface area (Å²) in [4.78, 5) is 0. The van der Waals surface area contributed by atoms with Gasteiger partial charge in [0.05, 0.1) is 0 Å². The fraction of sp³-hybridized carbons (Fsp3) is 0. The van der Waals surface area contributed by atoms with Crippen LogP contribution in [0.15, 0.2) is 11.0 Å². The Morgan fingerprint density at radius 2 is 1.88 bits per heavy atom. The second-order valence-corrected chi connectivity index (χ2v) is 3.54. The number of hydrogen-bond acceptors (Lipinski definition) is 1. The van der Waals surface area contributed by atoms with Crippen molar-refractivity contribution < 1.29 is 13.2 Å². The van der Waals surface area contributed by atoms with Crippen LogP contribution in [0.25, 0.3) is 0 Å². The highest BCUT2D eigenvalue weighted by atomic mass is 32.4. The smallest absolute Gasteiger partial charge is 0.196 e. The Hall–Kier alpha value is -0.0331. The van der Waals surface area contributed by atoms with Gasteiger partial charge in [-0.05, 0) is 0 Å². The van der Waals surface area contributed by atoms with Crippen LogP contribution < -0.4 is 0 Å². The summed E-state index contributed by atoms with van der Waals surface area (Å²) >= 11 is 0.567. The van der Waals surface area contributed by atoms with Gasteiger partial charge in [0.15, 0.2) is 19.3 Å².